The summed E-state index contributed by atoms with van der Waals surface area (Å²) in [6.07, 6.45) is -6.30. The highest BCUT2D eigenvalue weighted by Crippen LogP contribution is 2.31. The molecule has 11 heteroatoms. The first kappa shape index (κ1) is 28.5. The van der Waals surface area contributed by atoms with Crippen molar-refractivity contribution < 1.29 is 52.3 Å². The van der Waals surface area contributed by atoms with Crippen molar-refractivity contribution in [2.24, 2.45) is 0 Å². The standard InChI is InChI=1S/C27H30O11/c1-16(28)32-15-23-24(34-17(2)29)25(35-18(3)30)26(36-19(4)31)27(38-23)37-22-12-10-21(11-13-22)33-14-20-8-6-5-7-9-20/h5-13,23-27H,14-15H2,1-4H3/t23-,24-,25+,26-,27+/m1/s1. The van der Waals surface area contributed by atoms with Gasteiger partial charge in [-0.05, 0) is 29.8 Å². The van der Waals surface area contributed by atoms with Gasteiger partial charge in [0.05, 0.1) is 0 Å². The molecule has 0 amide bonds. The molecule has 5 atom stereocenters. The number of benzene rings is 2. The van der Waals surface area contributed by atoms with E-state index in [4.69, 9.17) is 33.2 Å². The summed E-state index contributed by atoms with van der Waals surface area (Å²) in [5, 5.41) is 0. The molecule has 1 saturated heterocycles. The van der Waals surface area contributed by atoms with Crippen LogP contribution in [0.25, 0.3) is 0 Å². The Labute approximate surface area is 219 Å². The van der Waals surface area contributed by atoms with Crippen LogP contribution in [0.5, 0.6) is 11.5 Å². The Morgan fingerprint density at radius 3 is 1.82 bits per heavy atom. The van der Waals surface area contributed by atoms with Crippen LogP contribution in [-0.2, 0) is 49.5 Å². The average Bonchev–Trinajstić information content (AvgIpc) is 2.86. The van der Waals surface area contributed by atoms with E-state index in [1.165, 1.54) is 6.92 Å². The molecule has 0 saturated carbocycles. The topological polar surface area (TPSA) is 133 Å². The Bertz CT molecular complexity index is 1100. The highest BCUT2D eigenvalue weighted by Gasteiger charge is 2.53. The molecule has 1 heterocycles. The number of hydrogen-bond acceptors (Lipinski definition) is 11. The lowest BCUT2D eigenvalue weighted by molar-refractivity contribution is -0.288. The van der Waals surface area contributed by atoms with Crippen LogP contribution in [0.3, 0.4) is 0 Å². The lowest BCUT2D eigenvalue weighted by Gasteiger charge is -2.43. The average molecular weight is 531 g/mol. The summed E-state index contributed by atoms with van der Waals surface area (Å²) in [6.45, 7) is 4.69. The second-order valence-corrected chi connectivity index (χ2v) is 8.43. The molecule has 1 fully saturated rings. The zero-order chi connectivity index (χ0) is 27.7. The molecule has 0 spiro atoms. The fraction of sp³-hybridized carbons (Fsp3) is 0.407. The Balaban J connectivity index is 1.83. The first-order valence-corrected chi connectivity index (χ1v) is 11.9. The second kappa shape index (κ2) is 13.4. The maximum absolute atomic E-state index is 11.9. The summed E-state index contributed by atoms with van der Waals surface area (Å²) in [5.41, 5.74) is 1.00. The van der Waals surface area contributed by atoms with Crippen molar-refractivity contribution in [3.63, 3.8) is 0 Å². The van der Waals surface area contributed by atoms with Gasteiger partial charge in [-0.15, -0.1) is 0 Å². The maximum atomic E-state index is 11.9. The summed E-state index contributed by atoms with van der Waals surface area (Å²) in [5.74, 6) is -1.86. The van der Waals surface area contributed by atoms with Gasteiger partial charge in [-0.3, -0.25) is 19.2 Å². The van der Waals surface area contributed by atoms with Gasteiger partial charge in [-0.2, -0.15) is 0 Å². The number of esters is 4. The van der Waals surface area contributed by atoms with Gasteiger partial charge < -0.3 is 33.2 Å². The molecule has 0 aromatic heterocycles. The third kappa shape index (κ3) is 8.48. The van der Waals surface area contributed by atoms with E-state index in [1.54, 1.807) is 24.3 Å². The van der Waals surface area contributed by atoms with Crippen molar-refractivity contribution in [1.29, 1.82) is 0 Å². The van der Waals surface area contributed by atoms with E-state index in [2.05, 4.69) is 0 Å². The van der Waals surface area contributed by atoms with Crippen molar-refractivity contribution in [1.82, 2.24) is 0 Å². The van der Waals surface area contributed by atoms with Crippen LogP contribution in [0.1, 0.15) is 33.3 Å². The van der Waals surface area contributed by atoms with Gasteiger partial charge in [0.15, 0.2) is 12.2 Å². The van der Waals surface area contributed by atoms with Crippen molar-refractivity contribution in [2.75, 3.05) is 6.61 Å². The Kier molecular flexibility index (Phi) is 10.1. The monoisotopic (exact) mass is 530 g/mol. The largest absolute Gasteiger partial charge is 0.489 e. The maximum Gasteiger partial charge on any atom is 0.303 e. The van der Waals surface area contributed by atoms with E-state index in [1.807, 2.05) is 30.3 Å². The van der Waals surface area contributed by atoms with Gasteiger partial charge >= 0.3 is 23.9 Å². The predicted octanol–water partition coefficient (Wildman–Crippen LogP) is 2.73. The van der Waals surface area contributed by atoms with Crippen LogP contribution < -0.4 is 9.47 Å². The van der Waals surface area contributed by atoms with Crippen molar-refractivity contribution in [3.8, 4) is 11.5 Å². The summed E-state index contributed by atoms with van der Waals surface area (Å²) in [4.78, 5) is 47.1. The molecule has 0 N–H and O–H groups in total. The molecule has 0 radical (unpaired) electrons. The number of ether oxygens (including phenoxy) is 7. The summed E-state index contributed by atoms with van der Waals surface area (Å²) in [7, 11) is 0. The first-order chi connectivity index (χ1) is 18.1. The zero-order valence-electron chi connectivity index (χ0n) is 21.5. The van der Waals surface area contributed by atoms with Gasteiger partial charge in [0.25, 0.3) is 0 Å². The number of rotatable bonds is 10. The third-order valence-electron chi connectivity index (χ3n) is 5.27. The summed E-state index contributed by atoms with van der Waals surface area (Å²) in [6, 6.07) is 16.3. The molecule has 38 heavy (non-hydrogen) atoms. The van der Waals surface area contributed by atoms with E-state index < -0.39 is 54.6 Å². The Morgan fingerprint density at radius 2 is 1.24 bits per heavy atom. The van der Waals surface area contributed by atoms with Gasteiger partial charge in [0, 0.05) is 27.7 Å². The SMILES string of the molecule is CC(=O)OC[C@H]1O[C@H](Oc2ccc(OCc3ccccc3)cc2)[C@H](OC(C)=O)[C@@H](OC(C)=O)[C@@H]1OC(C)=O. The lowest BCUT2D eigenvalue weighted by Crippen LogP contribution is -2.63. The fourth-order valence-corrected chi connectivity index (χ4v) is 3.77. The van der Waals surface area contributed by atoms with E-state index in [-0.39, 0.29) is 6.61 Å². The third-order valence-corrected chi connectivity index (χ3v) is 5.27. The smallest absolute Gasteiger partial charge is 0.303 e. The van der Waals surface area contributed by atoms with Gasteiger partial charge in [-0.25, -0.2) is 0 Å². The molecule has 0 aliphatic carbocycles. The minimum atomic E-state index is -1.32. The minimum absolute atomic E-state index is 0.318. The number of carbonyl (C=O) groups is 4. The van der Waals surface area contributed by atoms with E-state index in [0.717, 1.165) is 26.3 Å². The van der Waals surface area contributed by atoms with Gasteiger partial charge in [0.1, 0.15) is 30.8 Å². The molecule has 1 aliphatic heterocycles. The molecule has 2 aromatic rings. The van der Waals surface area contributed by atoms with E-state index in [0.29, 0.717) is 18.1 Å². The summed E-state index contributed by atoms with van der Waals surface area (Å²) < 4.78 is 38.9. The van der Waals surface area contributed by atoms with Crippen molar-refractivity contribution in [2.45, 2.75) is 65.0 Å². The Morgan fingerprint density at radius 1 is 0.684 bits per heavy atom. The normalized spacial score (nSPS) is 22.5. The molecular weight excluding hydrogens is 500 g/mol. The van der Waals surface area contributed by atoms with Crippen LogP contribution in [0, 0.1) is 0 Å². The highest BCUT2D eigenvalue weighted by molar-refractivity contribution is 5.68. The van der Waals surface area contributed by atoms with E-state index >= 15 is 0 Å². The molecule has 1 aliphatic rings. The minimum Gasteiger partial charge on any atom is -0.489 e. The summed E-state index contributed by atoms with van der Waals surface area (Å²) >= 11 is 0. The zero-order valence-corrected chi connectivity index (χ0v) is 21.5. The molecule has 204 valence electrons. The molecule has 2 aromatic carbocycles. The van der Waals surface area contributed by atoms with Gasteiger partial charge in [0.2, 0.25) is 12.4 Å². The second-order valence-electron chi connectivity index (χ2n) is 8.43. The number of carbonyl (C=O) groups excluding carboxylic acids is 4. The van der Waals surface area contributed by atoms with Crippen molar-refractivity contribution >= 4 is 23.9 Å². The van der Waals surface area contributed by atoms with Gasteiger partial charge in [-0.1, -0.05) is 30.3 Å². The highest BCUT2D eigenvalue weighted by atomic mass is 16.7. The first-order valence-electron chi connectivity index (χ1n) is 11.9. The molecular formula is C27H30O11. The molecule has 3 rings (SSSR count). The van der Waals surface area contributed by atoms with Crippen LogP contribution in [-0.4, -0.2) is 61.2 Å². The fourth-order valence-electron chi connectivity index (χ4n) is 3.77. The molecule has 11 nitrogen and oxygen atoms in total. The quantitative estimate of drug-likeness (QED) is 0.332. The van der Waals surface area contributed by atoms with Crippen LogP contribution in [0.2, 0.25) is 0 Å². The number of hydrogen-bond donors (Lipinski definition) is 0. The van der Waals surface area contributed by atoms with E-state index in [9.17, 15) is 19.2 Å². The lowest BCUT2D eigenvalue weighted by atomic mass is 9.98. The van der Waals surface area contributed by atoms with Crippen molar-refractivity contribution in [3.05, 3.63) is 60.2 Å². The van der Waals surface area contributed by atoms with Crippen LogP contribution in [0.4, 0.5) is 0 Å². The van der Waals surface area contributed by atoms with Crippen LogP contribution >= 0.6 is 0 Å². The molecule has 0 unspecified atom stereocenters. The Hall–Kier alpha value is -4.12. The van der Waals surface area contributed by atoms with Crippen LogP contribution in [0.15, 0.2) is 54.6 Å². The molecule has 0 bridgehead atoms. The predicted molar refractivity (Wildman–Crippen MR) is 130 cm³/mol.